The molecule has 0 aromatic heterocycles. The Hall–Kier alpha value is -4.23. The third-order valence-corrected chi connectivity index (χ3v) is 8.09. The molecule has 0 bridgehead atoms. The van der Waals surface area contributed by atoms with Crippen LogP contribution >= 0.6 is 45.8 Å². The molecule has 1 amide bonds. The molecule has 0 saturated carbocycles. The van der Waals surface area contributed by atoms with Gasteiger partial charge in [0.2, 0.25) is 0 Å². The quantitative estimate of drug-likeness (QED) is 0.0879. The molecule has 0 saturated heterocycles. The lowest BCUT2D eigenvalue weighted by Gasteiger charge is -2.15. The van der Waals surface area contributed by atoms with Gasteiger partial charge in [0.1, 0.15) is 30.6 Å². The van der Waals surface area contributed by atoms with Crippen molar-refractivity contribution in [2.24, 2.45) is 0 Å². The summed E-state index contributed by atoms with van der Waals surface area (Å²) in [5.74, 6) is 1.13. The van der Waals surface area contributed by atoms with Crippen LogP contribution in [0.25, 0.3) is 16.8 Å². The number of fused-ring (bicyclic) bond motifs is 1. The summed E-state index contributed by atoms with van der Waals surface area (Å²) in [6, 6.07) is 31.9. The fourth-order valence-corrected chi connectivity index (χ4v) is 5.72. The number of anilines is 1. The Kier molecular flexibility index (Phi) is 10.3. The summed E-state index contributed by atoms with van der Waals surface area (Å²) in [4.78, 5) is 13.0. The highest BCUT2D eigenvalue weighted by Crippen LogP contribution is 2.36. The fourth-order valence-electron chi connectivity index (χ4n) is 4.48. The van der Waals surface area contributed by atoms with Crippen LogP contribution in [0.2, 0.25) is 10.0 Å². The number of nitriles is 1. The van der Waals surface area contributed by atoms with E-state index in [0.29, 0.717) is 45.2 Å². The Bertz CT molecular complexity index is 1900. The molecule has 0 fully saturated rings. The summed E-state index contributed by atoms with van der Waals surface area (Å²) in [6.45, 7) is 0.617. The number of nitrogens with one attached hydrogen (secondary N) is 1. The molecule has 0 unspecified atom stereocenters. The highest BCUT2D eigenvalue weighted by atomic mass is 127. The van der Waals surface area contributed by atoms with E-state index in [0.717, 1.165) is 25.5 Å². The van der Waals surface area contributed by atoms with E-state index < -0.39 is 5.91 Å². The summed E-state index contributed by atoms with van der Waals surface area (Å²) >= 11 is 14.3. The normalized spacial score (nSPS) is 11.1. The number of nitrogens with zero attached hydrogens (tertiary/aromatic N) is 1. The maximum Gasteiger partial charge on any atom is 0.266 e. The first-order valence-corrected chi connectivity index (χ1v) is 15.2. The van der Waals surface area contributed by atoms with Crippen molar-refractivity contribution in [3.63, 3.8) is 0 Å². The standard InChI is InChI=1S/C35H25Cl2IN2O4/c1-42-33-17-22(16-32(38)34(33)44-20-24-7-4-6-23-5-2-3-8-30(23)24)15-26(19-39)35(41)40-28-11-13-29(14-12-28)43-21-25-9-10-27(36)18-31(25)37/h2-18H,20-21H2,1H3,(H,40,41)/b26-15+. The predicted octanol–water partition coefficient (Wildman–Crippen LogP) is 9.46. The second kappa shape index (κ2) is 14.5. The van der Waals surface area contributed by atoms with Gasteiger partial charge in [-0.2, -0.15) is 5.26 Å². The lowest BCUT2D eigenvalue weighted by molar-refractivity contribution is -0.112. The van der Waals surface area contributed by atoms with Crippen molar-refractivity contribution in [2.45, 2.75) is 13.2 Å². The van der Waals surface area contributed by atoms with Crippen LogP contribution in [0.1, 0.15) is 16.7 Å². The molecule has 0 aliphatic carbocycles. The van der Waals surface area contributed by atoms with Crippen LogP contribution in [-0.2, 0) is 18.0 Å². The Morgan fingerprint density at radius 2 is 1.66 bits per heavy atom. The van der Waals surface area contributed by atoms with E-state index in [4.69, 9.17) is 37.4 Å². The average molecular weight is 735 g/mol. The number of ether oxygens (including phenoxy) is 3. The number of benzene rings is 5. The summed E-state index contributed by atoms with van der Waals surface area (Å²) in [7, 11) is 1.55. The van der Waals surface area contributed by atoms with E-state index in [1.807, 2.05) is 36.4 Å². The molecular formula is C35H25Cl2IN2O4. The van der Waals surface area contributed by atoms with Gasteiger partial charge in [0.15, 0.2) is 11.5 Å². The molecule has 0 spiro atoms. The summed E-state index contributed by atoms with van der Waals surface area (Å²) < 4.78 is 18.4. The zero-order chi connectivity index (χ0) is 31.1. The second-order valence-corrected chi connectivity index (χ2v) is 11.6. The minimum Gasteiger partial charge on any atom is -0.493 e. The Balaban J connectivity index is 1.25. The van der Waals surface area contributed by atoms with E-state index in [1.165, 1.54) is 6.08 Å². The van der Waals surface area contributed by atoms with E-state index >= 15 is 0 Å². The van der Waals surface area contributed by atoms with Gasteiger partial charge >= 0.3 is 0 Å². The molecule has 1 N–H and O–H groups in total. The maximum atomic E-state index is 13.0. The number of halogens is 3. The number of hydrogen-bond donors (Lipinski definition) is 1. The highest BCUT2D eigenvalue weighted by Gasteiger charge is 2.15. The van der Waals surface area contributed by atoms with Gasteiger partial charge in [0, 0.05) is 21.3 Å². The van der Waals surface area contributed by atoms with Gasteiger partial charge in [-0.3, -0.25) is 4.79 Å². The number of amides is 1. The molecule has 5 aromatic carbocycles. The van der Waals surface area contributed by atoms with Crippen LogP contribution in [0.3, 0.4) is 0 Å². The molecule has 5 aromatic rings. The summed E-state index contributed by atoms with van der Waals surface area (Å²) in [6.07, 6.45) is 1.52. The minimum atomic E-state index is -0.542. The van der Waals surface area contributed by atoms with E-state index in [-0.39, 0.29) is 12.2 Å². The maximum absolute atomic E-state index is 13.0. The molecule has 0 atom stereocenters. The van der Waals surface area contributed by atoms with Crippen LogP contribution in [0, 0.1) is 14.9 Å². The SMILES string of the molecule is COc1cc(/C=C(\C#N)C(=O)Nc2ccc(OCc3ccc(Cl)cc3Cl)cc2)cc(I)c1OCc1cccc2ccccc12. The van der Waals surface area contributed by atoms with E-state index in [9.17, 15) is 10.1 Å². The largest absolute Gasteiger partial charge is 0.493 e. The van der Waals surface area contributed by atoms with Crippen molar-refractivity contribution in [2.75, 3.05) is 12.4 Å². The predicted molar refractivity (Wildman–Crippen MR) is 183 cm³/mol. The molecule has 0 radical (unpaired) electrons. The minimum absolute atomic E-state index is 0.0648. The van der Waals surface area contributed by atoms with Crippen molar-refractivity contribution >= 4 is 74.2 Å². The van der Waals surface area contributed by atoms with Gasteiger partial charge in [0.25, 0.3) is 5.91 Å². The lowest BCUT2D eigenvalue weighted by atomic mass is 10.1. The smallest absolute Gasteiger partial charge is 0.266 e. The highest BCUT2D eigenvalue weighted by molar-refractivity contribution is 14.1. The monoisotopic (exact) mass is 734 g/mol. The molecule has 6 nitrogen and oxygen atoms in total. The Labute approximate surface area is 278 Å². The molecule has 0 aliphatic rings. The fraction of sp³-hybridized carbons (Fsp3) is 0.0857. The van der Waals surface area contributed by atoms with Crippen molar-refractivity contribution < 1.29 is 19.0 Å². The molecule has 9 heteroatoms. The van der Waals surface area contributed by atoms with Crippen LogP contribution in [-0.4, -0.2) is 13.0 Å². The summed E-state index contributed by atoms with van der Waals surface area (Å²) in [5.41, 5.74) is 2.93. The third-order valence-electron chi connectivity index (χ3n) is 6.70. The van der Waals surface area contributed by atoms with Crippen LogP contribution in [0.4, 0.5) is 5.69 Å². The van der Waals surface area contributed by atoms with Crippen molar-refractivity contribution in [1.82, 2.24) is 0 Å². The van der Waals surface area contributed by atoms with Crippen LogP contribution in [0.15, 0.2) is 103 Å². The number of rotatable bonds is 10. The second-order valence-electron chi connectivity index (χ2n) is 9.63. The van der Waals surface area contributed by atoms with Gasteiger partial charge in [-0.05, 0) is 99.1 Å². The first-order chi connectivity index (χ1) is 21.3. The van der Waals surface area contributed by atoms with Crippen LogP contribution < -0.4 is 19.5 Å². The number of hydrogen-bond acceptors (Lipinski definition) is 5. The number of carbonyl (C=O) groups is 1. The van der Waals surface area contributed by atoms with E-state index in [2.05, 4.69) is 46.1 Å². The Morgan fingerprint density at radius 1 is 0.909 bits per heavy atom. The zero-order valence-corrected chi connectivity index (χ0v) is 27.1. The molecular weight excluding hydrogens is 710 g/mol. The van der Waals surface area contributed by atoms with Gasteiger partial charge in [-0.15, -0.1) is 0 Å². The van der Waals surface area contributed by atoms with E-state index in [1.54, 1.807) is 55.6 Å². The molecule has 5 rings (SSSR count). The number of methoxy groups -OCH3 is 1. The Morgan fingerprint density at radius 3 is 2.41 bits per heavy atom. The summed E-state index contributed by atoms with van der Waals surface area (Å²) in [5, 5.41) is 15.9. The molecule has 220 valence electrons. The van der Waals surface area contributed by atoms with Crippen molar-refractivity contribution in [3.8, 4) is 23.3 Å². The lowest BCUT2D eigenvalue weighted by Crippen LogP contribution is -2.13. The van der Waals surface area contributed by atoms with Gasteiger partial charge in [-0.1, -0.05) is 71.7 Å². The van der Waals surface area contributed by atoms with Crippen molar-refractivity contribution in [1.29, 1.82) is 5.26 Å². The molecule has 0 aliphatic heterocycles. The number of carbonyl (C=O) groups excluding carboxylic acids is 1. The molecule has 44 heavy (non-hydrogen) atoms. The zero-order valence-electron chi connectivity index (χ0n) is 23.4. The van der Waals surface area contributed by atoms with Gasteiger partial charge < -0.3 is 19.5 Å². The first-order valence-electron chi connectivity index (χ1n) is 13.4. The third kappa shape index (κ3) is 7.64. The first kappa shape index (κ1) is 31.2. The molecule has 0 heterocycles. The van der Waals surface area contributed by atoms with Gasteiger partial charge in [-0.25, -0.2) is 0 Å². The topological polar surface area (TPSA) is 80.6 Å². The van der Waals surface area contributed by atoms with Crippen LogP contribution in [0.5, 0.6) is 17.2 Å². The van der Waals surface area contributed by atoms with Gasteiger partial charge in [0.05, 0.1) is 10.7 Å². The average Bonchev–Trinajstić information content (AvgIpc) is 3.03. The van der Waals surface area contributed by atoms with Crippen molar-refractivity contribution in [3.05, 3.63) is 133 Å².